The normalized spacial score (nSPS) is 15.5. The molecule has 0 spiro atoms. The fourth-order valence-electron chi connectivity index (χ4n) is 3.04. The number of rotatable bonds is 5. The van der Waals surface area contributed by atoms with E-state index in [0.717, 1.165) is 6.07 Å². The minimum Gasteiger partial charge on any atom is -0.493 e. The molecule has 1 unspecified atom stereocenters. The molecule has 28 heavy (non-hydrogen) atoms. The van der Waals surface area contributed by atoms with Crippen LogP contribution in [0, 0.1) is 0 Å². The molecular weight excluding hydrogens is 370 g/mol. The van der Waals surface area contributed by atoms with Crippen molar-refractivity contribution >= 4 is 5.97 Å². The second-order valence-electron chi connectivity index (χ2n) is 5.85. The molecule has 0 amide bonds. The summed E-state index contributed by atoms with van der Waals surface area (Å²) in [6.07, 6.45) is 0. The molecule has 1 aliphatic heterocycles. The lowest BCUT2D eigenvalue weighted by molar-refractivity contribution is -0.136. The first-order chi connectivity index (χ1) is 13.4. The predicted molar refractivity (Wildman–Crippen MR) is 96.1 cm³/mol. The van der Waals surface area contributed by atoms with Crippen LogP contribution in [0.1, 0.15) is 23.0 Å². The van der Waals surface area contributed by atoms with Crippen LogP contribution in [0.3, 0.4) is 0 Å². The minimum atomic E-state index is -0.921. The van der Waals surface area contributed by atoms with Crippen LogP contribution < -0.4 is 25.4 Å². The quantitative estimate of drug-likeness (QED) is 0.720. The van der Waals surface area contributed by atoms with Gasteiger partial charge in [-0.2, -0.15) is 0 Å². The molecule has 0 radical (unpaired) electrons. The fraction of sp³-hybridized carbons (Fsp3) is 0.263. The predicted octanol–water partition coefficient (Wildman–Crippen LogP) is 1.02. The summed E-state index contributed by atoms with van der Waals surface area (Å²) >= 11 is 0. The Hall–Kier alpha value is -3.46. The number of nitrogens with two attached hydrogens (primary N) is 1. The van der Waals surface area contributed by atoms with Crippen molar-refractivity contribution in [2.45, 2.75) is 12.5 Å². The van der Waals surface area contributed by atoms with Gasteiger partial charge in [-0.1, -0.05) is 6.07 Å². The summed E-state index contributed by atoms with van der Waals surface area (Å²) in [5.41, 5.74) is 5.87. The van der Waals surface area contributed by atoms with Crippen molar-refractivity contribution in [1.29, 1.82) is 0 Å². The van der Waals surface area contributed by atoms with Gasteiger partial charge < -0.3 is 34.2 Å². The summed E-state index contributed by atoms with van der Waals surface area (Å²) in [5.74, 6) is -1.20. The van der Waals surface area contributed by atoms with Crippen molar-refractivity contribution in [2.75, 3.05) is 21.3 Å². The number of hydrogen-bond acceptors (Lipinski definition) is 9. The number of ether oxygens (including phenoxy) is 4. The average Bonchev–Trinajstić information content (AvgIpc) is 2.72. The topological polar surface area (TPSA) is 130 Å². The Bertz CT molecular complexity index is 1010. The van der Waals surface area contributed by atoms with Gasteiger partial charge in [0.2, 0.25) is 17.1 Å². The lowest BCUT2D eigenvalue weighted by Crippen LogP contribution is -2.29. The lowest BCUT2D eigenvalue weighted by atomic mass is 9.86. The zero-order chi connectivity index (χ0) is 20.4. The van der Waals surface area contributed by atoms with Crippen LogP contribution in [0.15, 0.2) is 44.9 Å². The Morgan fingerprint density at radius 1 is 1.18 bits per heavy atom. The molecule has 1 aromatic heterocycles. The first kappa shape index (κ1) is 19.3. The molecule has 0 saturated heterocycles. The van der Waals surface area contributed by atoms with E-state index in [1.165, 1.54) is 21.3 Å². The molecule has 9 nitrogen and oxygen atoms in total. The maximum Gasteiger partial charge on any atom is 0.340 e. The third-order valence-electron chi connectivity index (χ3n) is 4.31. The molecule has 2 heterocycles. The summed E-state index contributed by atoms with van der Waals surface area (Å²) < 4.78 is 26.4. The maximum atomic E-state index is 12.4. The van der Waals surface area contributed by atoms with Crippen molar-refractivity contribution in [3.05, 3.63) is 63.0 Å². The highest BCUT2D eigenvalue weighted by molar-refractivity contribution is 5.92. The highest BCUT2D eigenvalue weighted by atomic mass is 16.5. The molecule has 0 fully saturated rings. The van der Waals surface area contributed by atoms with Crippen LogP contribution >= 0.6 is 0 Å². The number of carbonyl (C=O) groups is 1. The van der Waals surface area contributed by atoms with Gasteiger partial charge in [-0.05, 0) is 17.7 Å². The standard InChI is InChI=1S/C19H19NO8/c1-24-12-5-4-9(6-13(12)25-2)14-15(19(23)26-3)18(20)28-16-11(22)7-10(8-21)27-17(14)16/h4-7,14,21H,8,20H2,1-3H3. The summed E-state index contributed by atoms with van der Waals surface area (Å²) in [5, 5.41) is 9.41. The first-order valence-electron chi connectivity index (χ1n) is 8.20. The minimum absolute atomic E-state index is 0.0162. The Balaban J connectivity index is 2.30. The summed E-state index contributed by atoms with van der Waals surface area (Å²) in [6, 6.07) is 6.03. The number of carbonyl (C=O) groups excluding carboxylic acids is 1. The summed E-state index contributed by atoms with van der Waals surface area (Å²) in [6.45, 7) is -0.506. The van der Waals surface area contributed by atoms with E-state index in [2.05, 4.69) is 0 Å². The second-order valence-corrected chi connectivity index (χ2v) is 5.85. The molecule has 0 aliphatic carbocycles. The number of aliphatic hydroxyl groups is 1. The number of fused-ring (bicyclic) bond motifs is 1. The van der Waals surface area contributed by atoms with E-state index in [1.807, 2.05) is 0 Å². The van der Waals surface area contributed by atoms with E-state index in [4.69, 9.17) is 29.1 Å². The summed E-state index contributed by atoms with van der Waals surface area (Å²) in [4.78, 5) is 24.8. The third kappa shape index (κ3) is 3.16. The zero-order valence-corrected chi connectivity index (χ0v) is 15.5. The monoisotopic (exact) mass is 389 g/mol. The van der Waals surface area contributed by atoms with E-state index < -0.39 is 23.9 Å². The van der Waals surface area contributed by atoms with Crippen LogP contribution in [0.2, 0.25) is 0 Å². The summed E-state index contributed by atoms with van der Waals surface area (Å²) in [7, 11) is 4.16. The van der Waals surface area contributed by atoms with E-state index in [1.54, 1.807) is 18.2 Å². The van der Waals surface area contributed by atoms with Crippen LogP contribution in [0.25, 0.3) is 0 Å². The van der Waals surface area contributed by atoms with E-state index in [-0.39, 0.29) is 28.7 Å². The SMILES string of the molecule is COC(=O)C1=C(N)Oc2c(oc(CO)cc2=O)C1c1ccc(OC)c(OC)c1. The molecule has 3 N–H and O–H groups in total. The van der Waals surface area contributed by atoms with E-state index in [0.29, 0.717) is 17.1 Å². The smallest absolute Gasteiger partial charge is 0.340 e. The molecule has 1 aliphatic rings. The number of esters is 1. The van der Waals surface area contributed by atoms with Crippen molar-refractivity contribution in [1.82, 2.24) is 0 Å². The van der Waals surface area contributed by atoms with Crippen LogP contribution in [-0.4, -0.2) is 32.4 Å². The molecule has 9 heteroatoms. The number of aliphatic hydroxyl groups excluding tert-OH is 1. The Morgan fingerprint density at radius 3 is 2.50 bits per heavy atom. The first-order valence-corrected chi connectivity index (χ1v) is 8.20. The Morgan fingerprint density at radius 2 is 1.89 bits per heavy atom. The lowest BCUT2D eigenvalue weighted by Gasteiger charge is -2.27. The largest absolute Gasteiger partial charge is 0.493 e. The van der Waals surface area contributed by atoms with Gasteiger partial charge >= 0.3 is 5.97 Å². The van der Waals surface area contributed by atoms with Crippen LogP contribution in [0.5, 0.6) is 17.2 Å². The van der Waals surface area contributed by atoms with Gasteiger partial charge in [0.15, 0.2) is 17.3 Å². The molecule has 3 rings (SSSR count). The molecule has 0 bridgehead atoms. The molecule has 0 saturated carbocycles. The second kappa shape index (κ2) is 7.65. The average molecular weight is 389 g/mol. The number of hydrogen-bond donors (Lipinski definition) is 2. The maximum absolute atomic E-state index is 12.4. The molecular formula is C19H19NO8. The fourth-order valence-corrected chi connectivity index (χ4v) is 3.04. The zero-order valence-electron chi connectivity index (χ0n) is 15.5. The van der Waals surface area contributed by atoms with Crippen molar-refractivity contribution in [2.24, 2.45) is 5.73 Å². The van der Waals surface area contributed by atoms with E-state index >= 15 is 0 Å². The molecule has 1 atom stereocenters. The number of benzene rings is 1. The van der Waals surface area contributed by atoms with Gasteiger partial charge in [0.1, 0.15) is 17.9 Å². The van der Waals surface area contributed by atoms with Crippen molar-refractivity contribution < 1.29 is 33.3 Å². The highest BCUT2D eigenvalue weighted by Crippen LogP contribution is 2.43. The Labute approximate surface area is 159 Å². The van der Waals surface area contributed by atoms with Crippen LogP contribution in [-0.2, 0) is 16.1 Å². The highest BCUT2D eigenvalue weighted by Gasteiger charge is 2.39. The van der Waals surface area contributed by atoms with E-state index in [9.17, 15) is 14.7 Å². The van der Waals surface area contributed by atoms with Gasteiger partial charge in [0, 0.05) is 6.07 Å². The van der Waals surface area contributed by atoms with Crippen LogP contribution in [0.4, 0.5) is 0 Å². The van der Waals surface area contributed by atoms with Gasteiger partial charge in [-0.3, -0.25) is 4.79 Å². The Kier molecular flexibility index (Phi) is 5.27. The van der Waals surface area contributed by atoms with Crippen molar-refractivity contribution in [3.63, 3.8) is 0 Å². The van der Waals surface area contributed by atoms with Gasteiger partial charge in [0.05, 0.1) is 27.2 Å². The molecule has 148 valence electrons. The van der Waals surface area contributed by atoms with Crippen molar-refractivity contribution in [3.8, 4) is 17.2 Å². The van der Waals surface area contributed by atoms with Gasteiger partial charge in [-0.25, -0.2) is 4.79 Å². The van der Waals surface area contributed by atoms with Gasteiger partial charge in [-0.15, -0.1) is 0 Å². The third-order valence-corrected chi connectivity index (χ3v) is 4.31. The number of methoxy groups -OCH3 is 3. The molecule has 1 aromatic carbocycles. The van der Waals surface area contributed by atoms with Gasteiger partial charge in [0.25, 0.3) is 0 Å². The molecule has 2 aromatic rings.